The van der Waals surface area contributed by atoms with E-state index in [-0.39, 0.29) is 12.2 Å². The lowest BCUT2D eigenvalue weighted by Crippen LogP contribution is -2.48. The topological polar surface area (TPSA) is 46.7 Å². The Balaban J connectivity index is 1.36. The van der Waals surface area contributed by atoms with E-state index < -0.39 is 0 Å². The van der Waals surface area contributed by atoms with Crippen molar-refractivity contribution in [3.05, 3.63) is 59.3 Å². The fraction of sp³-hybridized carbons (Fsp3) is 0.391. The third kappa shape index (κ3) is 2.95. The molecule has 1 saturated heterocycles. The van der Waals surface area contributed by atoms with E-state index in [4.69, 9.17) is 14.2 Å². The summed E-state index contributed by atoms with van der Waals surface area (Å²) in [6, 6.07) is 12.5. The summed E-state index contributed by atoms with van der Waals surface area (Å²) in [7, 11) is 3.46. The molecule has 5 nitrogen and oxygen atoms in total. The van der Waals surface area contributed by atoms with E-state index >= 15 is 0 Å². The second-order valence-electron chi connectivity index (χ2n) is 7.68. The van der Waals surface area contributed by atoms with E-state index in [1.54, 1.807) is 14.2 Å². The van der Waals surface area contributed by atoms with Gasteiger partial charge in [0.05, 0.1) is 26.4 Å². The molecule has 2 atom stereocenters. The molecule has 2 aromatic carbocycles. The molecule has 28 heavy (non-hydrogen) atoms. The van der Waals surface area contributed by atoms with Crippen LogP contribution < -0.4 is 9.47 Å². The second-order valence-corrected chi connectivity index (χ2v) is 7.68. The van der Waals surface area contributed by atoms with Crippen LogP contribution in [-0.2, 0) is 17.6 Å². The molecule has 0 radical (unpaired) electrons. The number of aromatic amines is 1. The molecule has 0 saturated carbocycles. The van der Waals surface area contributed by atoms with Gasteiger partial charge >= 0.3 is 0 Å². The molecule has 2 aliphatic heterocycles. The number of hydrogen-bond donors (Lipinski definition) is 1. The normalized spacial score (nSPS) is 21.5. The number of hydrogen-bond acceptors (Lipinski definition) is 4. The van der Waals surface area contributed by atoms with Crippen LogP contribution in [0.5, 0.6) is 11.5 Å². The van der Waals surface area contributed by atoms with Crippen molar-refractivity contribution in [1.29, 1.82) is 0 Å². The van der Waals surface area contributed by atoms with E-state index in [0.717, 1.165) is 49.5 Å². The molecule has 5 rings (SSSR count). The Kier molecular flexibility index (Phi) is 4.49. The predicted molar refractivity (Wildman–Crippen MR) is 109 cm³/mol. The Morgan fingerprint density at radius 2 is 1.89 bits per heavy atom. The first-order valence-electron chi connectivity index (χ1n) is 9.93. The van der Waals surface area contributed by atoms with Crippen LogP contribution in [0.25, 0.3) is 10.9 Å². The molecule has 0 spiro atoms. The van der Waals surface area contributed by atoms with Gasteiger partial charge in [-0.25, -0.2) is 0 Å². The van der Waals surface area contributed by atoms with E-state index in [9.17, 15) is 0 Å². The van der Waals surface area contributed by atoms with E-state index in [2.05, 4.69) is 40.3 Å². The van der Waals surface area contributed by atoms with Gasteiger partial charge in [0, 0.05) is 54.3 Å². The van der Waals surface area contributed by atoms with Crippen molar-refractivity contribution in [3.63, 3.8) is 0 Å². The second kappa shape index (κ2) is 7.15. The third-order valence-corrected chi connectivity index (χ3v) is 6.08. The van der Waals surface area contributed by atoms with Crippen LogP contribution in [0.3, 0.4) is 0 Å². The summed E-state index contributed by atoms with van der Waals surface area (Å²) in [5.41, 5.74) is 5.00. The van der Waals surface area contributed by atoms with Crippen LogP contribution in [0.15, 0.2) is 42.6 Å². The van der Waals surface area contributed by atoms with Gasteiger partial charge in [0.1, 0.15) is 11.5 Å². The van der Waals surface area contributed by atoms with Gasteiger partial charge in [-0.05, 0) is 30.2 Å². The summed E-state index contributed by atoms with van der Waals surface area (Å²) in [6.07, 6.45) is 4.29. The number of H-pyrrole nitrogens is 1. The van der Waals surface area contributed by atoms with Crippen molar-refractivity contribution in [2.75, 3.05) is 33.9 Å². The molecule has 1 aromatic heterocycles. The first-order valence-corrected chi connectivity index (χ1v) is 9.93. The lowest BCUT2D eigenvalue weighted by atomic mass is 9.89. The van der Waals surface area contributed by atoms with Crippen molar-refractivity contribution < 1.29 is 14.2 Å². The zero-order valence-electron chi connectivity index (χ0n) is 16.4. The molecule has 0 unspecified atom stereocenters. The fourth-order valence-electron chi connectivity index (χ4n) is 4.77. The lowest BCUT2D eigenvalue weighted by Gasteiger charge is -2.43. The molecule has 2 bridgehead atoms. The Morgan fingerprint density at radius 3 is 2.75 bits per heavy atom. The van der Waals surface area contributed by atoms with Gasteiger partial charge in [0.15, 0.2) is 0 Å². The van der Waals surface area contributed by atoms with Crippen molar-refractivity contribution >= 4 is 10.9 Å². The standard InChI is InChI=1S/C23H26N2O3/c1-26-20-7-8-21(27-2)23-18(20)11-16-13-25(14-22(23)28-16)10-9-15-12-24-19-6-4-3-5-17(15)19/h3-8,12,16,22,24H,9-11,13-14H2,1-2H3/t16-,22-/m1/s1. The minimum Gasteiger partial charge on any atom is -0.496 e. The maximum Gasteiger partial charge on any atom is 0.125 e. The highest BCUT2D eigenvalue weighted by atomic mass is 16.5. The first-order chi connectivity index (χ1) is 13.8. The average molecular weight is 378 g/mol. The third-order valence-electron chi connectivity index (χ3n) is 6.08. The number of ether oxygens (including phenoxy) is 3. The first kappa shape index (κ1) is 17.6. The summed E-state index contributed by atoms with van der Waals surface area (Å²) in [5.74, 6) is 1.85. The molecule has 1 fully saturated rings. The van der Waals surface area contributed by atoms with Crippen LogP contribution in [0.2, 0.25) is 0 Å². The van der Waals surface area contributed by atoms with Gasteiger partial charge in [-0.3, -0.25) is 4.90 Å². The highest BCUT2D eigenvalue weighted by molar-refractivity contribution is 5.83. The van der Waals surface area contributed by atoms with Gasteiger partial charge in [0.2, 0.25) is 0 Å². The Bertz CT molecular complexity index is 997. The zero-order chi connectivity index (χ0) is 19.1. The molecule has 2 aliphatic rings. The van der Waals surface area contributed by atoms with Gasteiger partial charge in [-0.1, -0.05) is 18.2 Å². The molecule has 3 aromatic rings. The van der Waals surface area contributed by atoms with Crippen molar-refractivity contribution in [1.82, 2.24) is 9.88 Å². The number of morpholine rings is 1. The van der Waals surface area contributed by atoms with Crippen LogP contribution in [0.4, 0.5) is 0 Å². The zero-order valence-corrected chi connectivity index (χ0v) is 16.4. The van der Waals surface area contributed by atoms with Crippen LogP contribution in [0, 0.1) is 0 Å². The van der Waals surface area contributed by atoms with E-state index in [1.165, 1.54) is 22.0 Å². The maximum atomic E-state index is 6.34. The van der Waals surface area contributed by atoms with E-state index in [1.807, 2.05) is 12.1 Å². The smallest absolute Gasteiger partial charge is 0.125 e. The van der Waals surface area contributed by atoms with Gasteiger partial charge in [-0.2, -0.15) is 0 Å². The number of para-hydroxylation sites is 1. The summed E-state index contributed by atoms with van der Waals surface area (Å²) in [5, 5.41) is 1.33. The number of aromatic nitrogens is 1. The number of benzene rings is 2. The SMILES string of the molecule is COc1ccc(OC)c2c1C[C@@H]1CN(CCc3c[nH]c4ccccc34)C[C@H]2O1. The van der Waals surface area contributed by atoms with Crippen LogP contribution in [0.1, 0.15) is 22.8 Å². The van der Waals surface area contributed by atoms with Gasteiger partial charge in [-0.15, -0.1) is 0 Å². The fourth-order valence-corrected chi connectivity index (χ4v) is 4.77. The average Bonchev–Trinajstić information content (AvgIpc) is 3.14. The molecule has 1 N–H and O–H groups in total. The lowest BCUT2D eigenvalue weighted by molar-refractivity contribution is -0.0971. The Morgan fingerprint density at radius 1 is 1.07 bits per heavy atom. The maximum absolute atomic E-state index is 6.34. The monoisotopic (exact) mass is 378 g/mol. The molecule has 0 amide bonds. The van der Waals surface area contributed by atoms with Crippen LogP contribution >= 0.6 is 0 Å². The molecular formula is C23H26N2O3. The molecular weight excluding hydrogens is 352 g/mol. The predicted octanol–water partition coefficient (Wildman–Crippen LogP) is 3.73. The largest absolute Gasteiger partial charge is 0.496 e. The number of nitrogens with zero attached hydrogens (tertiary/aromatic N) is 1. The summed E-state index contributed by atoms with van der Waals surface area (Å²) < 4.78 is 17.6. The highest BCUT2D eigenvalue weighted by Crippen LogP contribution is 2.43. The van der Waals surface area contributed by atoms with Gasteiger partial charge < -0.3 is 19.2 Å². The number of fused-ring (bicyclic) bond motifs is 5. The molecule has 3 heterocycles. The number of rotatable bonds is 5. The number of nitrogens with one attached hydrogen (secondary N) is 1. The molecule has 146 valence electrons. The van der Waals surface area contributed by atoms with Crippen LogP contribution in [-0.4, -0.2) is 49.8 Å². The minimum atomic E-state index is 0.0375. The molecule has 0 aliphatic carbocycles. The van der Waals surface area contributed by atoms with Crippen molar-refractivity contribution in [2.24, 2.45) is 0 Å². The minimum absolute atomic E-state index is 0.0375. The quantitative estimate of drug-likeness (QED) is 0.735. The number of methoxy groups -OCH3 is 2. The van der Waals surface area contributed by atoms with E-state index in [0.29, 0.717) is 0 Å². The summed E-state index contributed by atoms with van der Waals surface area (Å²) >= 11 is 0. The summed E-state index contributed by atoms with van der Waals surface area (Å²) in [4.78, 5) is 5.91. The Labute approximate surface area is 165 Å². The summed E-state index contributed by atoms with van der Waals surface area (Å²) in [6.45, 7) is 2.87. The van der Waals surface area contributed by atoms with Crippen molar-refractivity contribution in [2.45, 2.75) is 25.0 Å². The van der Waals surface area contributed by atoms with Crippen molar-refractivity contribution in [3.8, 4) is 11.5 Å². The highest BCUT2D eigenvalue weighted by Gasteiger charge is 2.38. The van der Waals surface area contributed by atoms with Gasteiger partial charge in [0.25, 0.3) is 0 Å². The molecule has 5 heteroatoms. The Hall–Kier alpha value is -2.50.